The van der Waals surface area contributed by atoms with E-state index in [1.54, 1.807) is 25.0 Å². The summed E-state index contributed by atoms with van der Waals surface area (Å²) in [6, 6.07) is 9.48. The van der Waals surface area contributed by atoms with Crippen LogP contribution in [0.15, 0.2) is 36.5 Å². The summed E-state index contributed by atoms with van der Waals surface area (Å²) >= 11 is 0. The minimum atomic E-state index is 0.595. The Morgan fingerprint density at radius 1 is 1.13 bits per heavy atom. The molecule has 0 aliphatic carbocycles. The fourth-order valence-electron chi connectivity index (χ4n) is 1.31. The average Bonchev–Trinajstić information content (AvgIpc) is 2.78. The van der Waals surface area contributed by atoms with Gasteiger partial charge in [-0.05, 0) is 12.1 Å². The standard InChI is InChI=1S/C11H12N2O2/c1-14-10-5-3-4-9(8-10)13-7-6-11(12-13)15-2/h3-8H,1-2H3. The summed E-state index contributed by atoms with van der Waals surface area (Å²) in [5, 5.41) is 4.21. The van der Waals surface area contributed by atoms with E-state index in [-0.39, 0.29) is 0 Å². The molecule has 0 bridgehead atoms. The zero-order chi connectivity index (χ0) is 10.7. The molecule has 15 heavy (non-hydrogen) atoms. The molecule has 1 aromatic carbocycles. The smallest absolute Gasteiger partial charge is 0.232 e. The fourth-order valence-corrected chi connectivity index (χ4v) is 1.31. The molecule has 4 heteroatoms. The van der Waals surface area contributed by atoms with Crippen molar-refractivity contribution in [2.75, 3.05) is 14.2 Å². The van der Waals surface area contributed by atoms with Crippen molar-refractivity contribution < 1.29 is 9.47 Å². The number of hydrogen-bond donors (Lipinski definition) is 0. The Balaban J connectivity index is 2.35. The third-order valence-electron chi connectivity index (χ3n) is 2.09. The lowest BCUT2D eigenvalue weighted by Gasteiger charge is -2.03. The van der Waals surface area contributed by atoms with Crippen LogP contribution < -0.4 is 9.47 Å². The molecule has 2 rings (SSSR count). The van der Waals surface area contributed by atoms with Crippen LogP contribution in [0.3, 0.4) is 0 Å². The Kier molecular flexibility index (Phi) is 2.58. The van der Waals surface area contributed by atoms with Crippen LogP contribution in [0.2, 0.25) is 0 Å². The van der Waals surface area contributed by atoms with Crippen LogP contribution in [-0.2, 0) is 0 Å². The Bertz CT molecular complexity index is 451. The lowest BCUT2D eigenvalue weighted by molar-refractivity contribution is 0.394. The summed E-state index contributed by atoms with van der Waals surface area (Å²) in [5.74, 6) is 1.40. The topological polar surface area (TPSA) is 36.3 Å². The largest absolute Gasteiger partial charge is 0.497 e. The maximum absolute atomic E-state index is 5.14. The van der Waals surface area contributed by atoms with Gasteiger partial charge in [0.1, 0.15) is 5.75 Å². The minimum Gasteiger partial charge on any atom is -0.497 e. The molecule has 0 aliphatic rings. The van der Waals surface area contributed by atoms with Gasteiger partial charge < -0.3 is 9.47 Å². The van der Waals surface area contributed by atoms with Crippen molar-refractivity contribution >= 4 is 0 Å². The number of methoxy groups -OCH3 is 2. The van der Waals surface area contributed by atoms with Crippen molar-refractivity contribution in [1.82, 2.24) is 9.78 Å². The monoisotopic (exact) mass is 204 g/mol. The Morgan fingerprint density at radius 3 is 2.67 bits per heavy atom. The average molecular weight is 204 g/mol. The van der Waals surface area contributed by atoms with Gasteiger partial charge in [-0.25, -0.2) is 4.68 Å². The van der Waals surface area contributed by atoms with Crippen LogP contribution in [-0.4, -0.2) is 24.0 Å². The van der Waals surface area contributed by atoms with Gasteiger partial charge in [0.2, 0.25) is 5.88 Å². The van der Waals surface area contributed by atoms with Crippen molar-refractivity contribution in [3.05, 3.63) is 36.5 Å². The summed E-state index contributed by atoms with van der Waals surface area (Å²) < 4.78 is 11.9. The molecule has 0 saturated carbocycles. The highest BCUT2D eigenvalue weighted by Crippen LogP contribution is 2.17. The van der Waals surface area contributed by atoms with Crippen LogP contribution in [0.1, 0.15) is 0 Å². The van der Waals surface area contributed by atoms with Crippen molar-refractivity contribution in [3.63, 3.8) is 0 Å². The lowest BCUT2D eigenvalue weighted by Crippen LogP contribution is -1.95. The van der Waals surface area contributed by atoms with Crippen molar-refractivity contribution in [2.24, 2.45) is 0 Å². The molecule has 4 nitrogen and oxygen atoms in total. The van der Waals surface area contributed by atoms with Crippen molar-refractivity contribution in [1.29, 1.82) is 0 Å². The van der Waals surface area contributed by atoms with Crippen LogP contribution >= 0.6 is 0 Å². The van der Waals surface area contributed by atoms with Gasteiger partial charge in [-0.3, -0.25) is 0 Å². The Labute approximate surface area is 88.1 Å². The van der Waals surface area contributed by atoms with E-state index < -0.39 is 0 Å². The molecule has 0 unspecified atom stereocenters. The molecule has 0 aliphatic heterocycles. The van der Waals surface area contributed by atoms with Gasteiger partial charge in [0.15, 0.2) is 0 Å². The third-order valence-corrected chi connectivity index (χ3v) is 2.09. The van der Waals surface area contributed by atoms with Gasteiger partial charge in [-0.1, -0.05) is 6.07 Å². The SMILES string of the molecule is COc1cccc(-n2ccc(OC)n2)c1. The number of rotatable bonds is 3. The summed E-state index contributed by atoms with van der Waals surface area (Å²) in [5.41, 5.74) is 0.942. The number of hydrogen-bond acceptors (Lipinski definition) is 3. The molecular formula is C11H12N2O2. The molecule has 0 radical (unpaired) electrons. The minimum absolute atomic E-state index is 0.595. The van der Waals surface area contributed by atoms with Gasteiger partial charge in [-0.2, -0.15) is 0 Å². The third kappa shape index (κ3) is 1.93. The van der Waals surface area contributed by atoms with Gasteiger partial charge in [0.25, 0.3) is 0 Å². The zero-order valence-corrected chi connectivity index (χ0v) is 8.68. The quantitative estimate of drug-likeness (QED) is 0.766. The van der Waals surface area contributed by atoms with Crippen LogP contribution in [0.5, 0.6) is 11.6 Å². The molecule has 0 amide bonds. The summed E-state index contributed by atoms with van der Waals surface area (Å²) in [7, 11) is 3.24. The number of nitrogens with zero attached hydrogens (tertiary/aromatic N) is 2. The molecular weight excluding hydrogens is 192 g/mol. The van der Waals surface area contributed by atoms with E-state index in [1.165, 1.54) is 0 Å². The Morgan fingerprint density at radius 2 is 2.00 bits per heavy atom. The van der Waals surface area contributed by atoms with Gasteiger partial charge in [0.05, 0.1) is 19.9 Å². The van der Waals surface area contributed by atoms with E-state index in [4.69, 9.17) is 9.47 Å². The predicted molar refractivity (Wildman–Crippen MR) is 56.7 cm³/mol. The van der Waals surface area contributed by atoms with E-state index in [0.717, 1.165) is 11.4 Å². The molecule has 0 saturated heterocycles. The maximum Gasteiger partial charge on any atom is 0.232 e. The second-order valence-corrected chi connectivity index (χ2v) is 3.00. The second kappa shape index (κ2) is 4.04. The Hall–Kier alpha value is -1.97. The van der Waals surface area contributed by atoms with E-state index in [9.17, 15) is 0 Å². The molecule has 0 N–H and O–H groups in total. The van der Waals surface area contributed by atoms with Crippen LogP contribution in [0.25, 0.3) is 5.69 Å². The first-order chi connectivity index (χ1) is 7.33. The highest BCUT2D eigenvalue weighted by molar-refractivity contribution is 5.38. The van der Waals surface area contributed by atoms with Crippen LogP contribution in [0.4, 0.5) is 0 Å². The van der Waals surface area contributed by atoms with Crippen LogP contribution in [0, 0.1) is 0 Å². The molecule has 0 spiro atoms. The fraction of sp³-hybridized carbons (Fsp3) is 0.182. The summed E-state index contributed by atoms with van der Waals surface area (Å²) in [6.45, 7) is 0. The normalized spacial score (nSPS) is 10.0. The summed E-state index contributed by atoms with van der Waals surface area (Å²) in [6.07, 6.45) is 1.84. The van der Waals surface area contributed by atoms with E-state index in [2.05, 4.69) is 5.10 Å². The maximum atomic E-state index is 5.14. The van der Waals surface area contributed by atoms with E-state index in [0.29, 0.717) is 5.88 Å². The van der Waals surface area contributed by atoms with E-state index in [1.807, 2.05) is 30.5 Å². The molecule has 1 aromatic heterocycles. The first-order valence-electron chi connectivity index (χ1n) is 4.57. The van der Waals surface area contributed by atoms with Crippen molar-refractivity contribution in [3.8, 4) is 17.3 Å². The first kappa shape index (κ1) is 9.58. The molecule has 1 heterocycles. The highest BCUT2D eigenvalue weighted by atomic mass is 16.5. The molecule has 78 valence electrons. The summed E-state index contributed by atoms with van der Waals surface area (Å²) in [4.78, 5) is 0. The van der Waals surface area contributed by atoms with E-state index >= 15 is 0 Å². The predicted octanol–water partition coefficient (Wildman–Crippen LogP) is 1.89. The molecule has 0 atom stereocenters. The lowest BCUT2D eigenvalue weighted by atomic mass is 10.3. The highest BCUT2D eigenvalue weighted by Gasteiger charge is 2.01. The number of benzene rings is 1. The van der Waals surface area contributed by atoms with Gasteiger partial charge >= 0.3 is 0 Å². The second-order valence-electron chi connectivity index (χ2n) is 3.00. The zero-order valence-electron chi connectivity index (χ0n) is 8.68. The number of ether oxygens (including phenoxy) is 2. The van der Waals surface area contributed by atoms with Gasteiger partial charge in [-0.15, -0.1) is 5.10 Å². The first-order valence-corrected chi connectivity index (χ1v) is 4.57. The van der Waals surface area contributed by atoms with Gasteiger partial charge in [0, 0.05) is 18.3 Å². The number of aromatic nitrogens is 2. The molecule has 2 aromatic rings. The van der Waals surface area contributed by atoms with Crippen molar-refractivity contribution in [2.45, 2.75) is 0 Å². The molecule has 0 fully saturated rings.